The van der Waals surface area contributed by atoms with Crippen LogP contribution in [0.4, 0.5) is 5.69 Å². The van der Waals surface area contributed by atoms with Gasteiger partial charge in [0.15, 0.2) is 5.96 Å². The molecule has 3 aromatic carbocycles. The Bertz CT molecular complexity index is 1230. The summed E-state index contributed by atoms with van der Waals surface area (Å²) in [6, 6.07) is 23.5. The molecule has 1 aliphatic carbocycles. The van der Waals surface area contributed by atoms with Crippen molar-refractivity contribution < 1.29 is 0 Å². The van der Waals surface area contributed by atoms with Gasteiger partial charge in [-0.15, -0.1) is 24.0 Å². The first kappa shape index (κ1) is 23.0. The minimum Gasteiger partial charge on any atom is -0.370 e. The highest BCUT2D eigenvalue weighted by Crippen LogP contribution is 2.26. The second-order valence-corrected chi connectivity index (χ2v) is 8.25. The van der Waals surface area contributed by atoms with Crippen molar-refractivity contribution >= 4 is 35.6 Å². The smallest absolute Gasteiger partial charge is 0.193 e. The van der Waals surface area contributed by atoms with Crippen LogP contribution in [0.1, 0.15) is 28.7 Å². The molecule has 4 aromatic rings. The van der Waals surface area contributed by atoms with Crippen LogP contribution in [0.5, 0.6) is 0 Å². The van der Waals surface area contributed by atoms with Crippen LogP contribution in [0.15, 0.2) is 90.4 Å². The summed E-state index contributed by atoms with van der Waals surface area (Å²) in [6.45, 7) is 1.34. The van der Waals surface area contributed by atoms with E-state index in [-0.39, 0.29) is 24.0 Å². The monoisotopic (exact) mass is 549 g/mol. The lowest BCUT2D eigenvalue weighted by molar-refractivity contribution is 0.797. The largest absolute Gasteiger partial charge is 0.370 e. The van der Waals surface area contributed by atoms with Crippen LogP contribution in [-0.4, -0.2) is 15.5 Å². The molecule has 5 nitrogen and oxygen atoms in total. The van der Waals surface area contributed by atoms with Gasteiger partial charge in [0.05, 0.1) is 12.9 Å². The number of hydrogen-bond acceptors (Lipinski definition) is 2. The fourth-order valence-electron chi connectivity index (χ4n) is 4.33. The molecule has 1 aromatic heterocycles. The van der Waals surface area contributed by atoms with Crippen molar-refractivity contribution in [3.8, 4) is 11.1 Å². The van der Waals surface area contributed by atoms with Gasteiger partial charge in [0, 0.05) is 24.6 Å². The van der Waals surface area contributed by atoms with Crippen molar-refractivity contribution in [2.45, 2.75) is 32.4 Å². The number of aryl methyl sites for hydroxylation is 2. The van der Waals surface area contributed by atoms with Gasteiger partial charge in [0.25, 0.3) is 0 Å². The first-order valence-electron chi connectivity index (χ1n) is 11.1. The summed E-state index contributed by atoms with van der Waals surface area (Å²) in [5, 5.41) is 3.25. The predicted octanol–water partition coefficient (Wildman–Crippen LogP) is 5.63. The second kappa shape index (κ2) is 10.7. The maximum Gasteiger partial charge on any atom is 0.193 e. The summed E-state index contributed by atoms with van der Waals surface area (Å²) in [7, 11) is 0. The zero-order valence-electron chi connectivity index (χ0n) is 18.4. The van der Waals surface area contributed by atoms with Crippen molar-refractivity contribution in [2.75, 3.05) is 5.32 Å². The predicted molar refractivity (Wildman–Crippen MR) is 146 cm³/mol. The van der Waals surface area contributed by atoms with Crippen molar-refractivity contribution in [2.24, 2.45) is 10.7 Å². The Morgan fingerprint density at radius 1 is 1.00 bits per heavy atom. The number of nitrogens with two attached hydrogens (primary N) is 1. The van der Waals surface area contributed by atoms with E-state index < -0.39 is 0 Å². The zero-order valence-corrected chi connectivity index (χ0v) is 20.8. The van der Waals surface area contributed by atoms with E-state index >= 15 is 0 Å². The molecule has 0 amide bonds. The number of benzene rings is 3. The van der Waals surface area contributed by atoms with E-state index in [2.05, 4.69) is 80.5 Å². The highest BCUT2D eigenvalue weighted by molar-refractivity contribution is 14.0. The van der Waals surface area contributed by atoms with Crippen molar-refractivity contribution in [3.63, 3.8) is 0 Å². The van der Waals surface area contributed by atoms with E-state index in [1.54, 1.807) is 6.20 Å². The Morgan fingerprint density at radius 2 is 1.82 bits per heavy atom. The molecule has 0 saturated heterocycles. The van der Waals surface area contributed by atoms with Crippen molar-refractivity contribution in [1.82, 2.24) is 9.55 Å². The Morgan fingerprint density at radius 3 is 2.64 bits per heavy atom. The van der Waals surface area contributed by atoms with E-state index in [9.17, 15) is 0 Å². The summed E-state index contributed by atoms with van der Waals surface area (Å²) in [6.07, 6.45) is 9.18. The van der Waals surface area contributed by atoms with Crippen LogP contribution in [0.3, 0.4) is 0 Å². The fraction of sp³-hybridized carbons (Fsp3) is 0.185. The molecular weight excluding hydrogens is 521 g/mol. The number of fused-ring (bicyclic) bond motifs is 1. The quantitative estimate of drug-likeness (QED) is 0.186. The molecule has 0 atom stereocenters. The molecule has 0 saturated carbocycles. The number of imidazole rings is 1. The van der Waals surface area contributed by atoms with E-state index in [0.29, 0.717) is 12.5 Å². The molecule has 33 heavy (non-hydrogen) atoms. The Hall–Kier alpha value is -3.13. The third kappa shape index (κ3) is 5.63. The fourth-order valence-corrected chi connectivity index (χ4v) is 4.33. The van der Waals surface area contributed by atoms with Crippen molar-refractivity contribution in [1.29, 1.82) is 0 Å². The molecule has 0 radical (unpaired) electrons. The van der Waals surface area contributed by atoms with Gasteiger partial charge in [-0.05, 0) is 64.8 Å². The maximum absolute atomic E-state index is 6.20. The number of hydrogen-bond donors (Lipinski definition) is 2. The average molecular weight is 549 g/mol. The minimum atomic E-state index is 0. The third-order valence-corrected chi connectivity index (χ3v) is 6.00. The lowest BCUT2D eigenvalue weighted by Gasteiger charge is -2.11. The standard InChI is InChI=1S/C27H27N5.HI/c28-27(31-25-13-12-21-5-3-6-23(21)16-25)30-17-24-4-1-2-7-26(24)22-10-8-20(9-11-22)18-32-15-14-29-19-32;/h1-2,4,7-16,19H,3,5-6,17-18H2,(H3,28,30,31);1H. The van der Waals surface area contributed by atoms with Crippen LogP contribution in [0, 0.1) is 0 Å². The number of nitrogens with zero attached hydrogens (tertiary/aromatic N) is 3. The lowest BCUT2D eigenvalue weighted by Crippen LogP contribution is -2.22. The van der Waals surface area contributed by atoms with Gasteiger partial charge >= 0.3 is 0 Å². The molecule has 6 heteroatoms. The molecular formula is C27H28IN5. The summed E-state index contributed by atoms with van der Waals surface area (Å²) < 4.78 is 2.06. The van der Waals surface area contributed by atoms with Gasteiger partial charge in [-0.1, -0.05) is 54.6 Å². The van der Waals surface area contributed by atoms with Gasteiger partial charge < -0.3 is 15.6 Å². The summed E-state index contributed by atoms with van der Waals surface area (Å²) in [5.41, 5.74) is 14.8. The number of halogens is 1. The van der Waals surface area contributed by atoms with Crippen molar-refractivity contribution in [3.05, 3.63) is 108 Å². The first-order valence-corrected chi connectivity index (χ1v) is 11.1. The number of anilines is 1. The second-order valence-electron chi connectivity index (χ2n) is 8.25. The Balaban J connectivity index is 0.00000259. The molecule has 1 aliphatic rings. The molecule has 0 spiro atoms. The van der Waals surface area contributed by atoms with Gasteiger partial charge in [-0.3, -0.25) is 0 Å². The molecule has 5 rings (SSSR count). The van der Waals surface area contributed by atoms with Gasteiger partial charge in [-0.2, -0.15) is 0 Å². The number of nitrogens with one attached hydrogen (secondary N) is 1. The summed E-state index contributed by atoms with van der Waals surface area (Å²) in [5.74, 6) is 0.438. The molecule has 0 bridgehead atoms. The Labute approximate surface area is 211 Å². The van der Waals surface area contributed by atoms with Gasteiger partial charge in [0.2, 0.25) is 0 Å². The third-order valence-electron chi connectivity index (χ3n) is 6.00. The summed E-state index contributed by atoms with van der Waals surface area (Å²) >= 11 is 0. The Kier molecular flexibility index (Phi) is 7.44. The molecule has 1 heterocycles. The molecule has 0 aliphatic heterocycles. The van der Waals surface area contributed by atoms with E-state index in [4.69, 9.17) is 5.73 Å². The number of aliphatic imine (C=N–C) groups is 1. The number of guanidine groups is 1. The van der Waals surface area contributed by atoms with Crippen LogP contribution < -0.4 is 11.1 Å². The SMILES string of the molecule is I.NC(=NCc1ccccc1-c1ccc(Cn2ccnc2)cc1)Nc1ccc2c(c1)CCC2. The van der Waals surface area contributed by atoms with Crippen LogP contribution in [0.2, 0.25) is 0 Å². The minimum absolute atomic E-state index is 0. The van der Waals surface area contributed by atoms with Crippen LogP contribution in [0.25, 0.3) is 11.1 Å². The van der Waals surface area contributed by atoms with Crippen LogP contribution in [-0.2, 0) is 25.9 Å². The topological polar surface area (TPSA) is 68.2 Å². The van der Waals surface area contributed by atoms with E-state index in [0.717, 1.165) is 24.2 Å². The average Bonchev–Trinajstić information content (AvgIpc) is 3.50. The maximum atomic E-state index is 6.20. The zero-order chi connectivity index (χ0) is 21.8. The van der Waals surface area contributed by atoms with E-state index in [1.807, 2.05) is 18.6 Å². The lowest BCUT2D eigenvalue weighted by atomic mass is 9.98. The van der Waals surface area contributed by atoms with Gasteiger partial charge in [-0.25, -0.2) is 9.98 Å². The highest BCUT2D eigenvalue weighted by atomic mass is 127. The highest BCUT2D eigenvalue weighted by Gasteiger charge is 2.11. The molecule has 0 fully saturated rings. The first-order chi connectivity index (χ1) is 15.7. The van der Waals surface area contributed by atoms with Crippen LogP contribution >= 0.6 is 24.0 Å². The normalized spacial score (nSPS) is 12.8. The number of rotatable bonds is 6. The summed E-state index contributed by atoms with van der Waals surface area (Å²) in [4.78, 5) is 8.72. The molecule has 168 valence electrons. The van der Waals surface area contributed by atoms with Gasteiger partial charge in [0.1, 0.15) is 0 Å². The molecule has 0 unspecified atom stereocenters. The molecule has 3 N–H and O–H groups in total. The number of aromatic nitrogens is 2. The van der Waals surface area contributed by atoms with E-state index in [1.165, 1.54) is 40.7 Å².